The first-order valence-corrected chi connectivity index (χ1v) is 7.40. The molecule has 0 radical (unpaired) electrons. The van der Waals surface area contributed by atoms with Crippen molar-refractivity contribution in [1.29, 1.82) is 0 Å². The van der Waals surface area contributed by atoms with Crippen molar-refractivity contribution in [2.24, 2.45) is 0 Å². The lowest BCUT2D eigenvalue weighted by molar-refractivity contribution is 0.429. The first kappa shape index (κ1) is 13.0. The monoisotopic (exact) mass is 295 g/mol. The van der Waals surface area contributed by atoms with Gasteiger partial charge in [0.15, 0.2) is 0 Å². The van der Waals surface area contributed by atoms with Gasteiger partial charge in [0.1, 0.15) is 0 Å². The van der Waals surface area contributed by atoms with E-state index in [0.29, 0.717) is 17.2 Å². The van der Waals surface area contributed by atoms with Gasteiger partial charge in [0.25, 0.3) is 5.22 Å². The summed E-state index contributed by atoms with van der Waals surface area (Å²) in [6.07, 6.45) is 2.54. The molecule has 0 bridgehead atoms. The summed E-state index contributed by atoms with van der Waals surface area (Å²) in [7, 11) is 0. The average molecular weight is 296 g/mol. The number of hydrogen-bond acceptors (Lipinski definition) is 5. The first-order chi connectivity index (χ1) is 9.20. The molecule has 100 valence electrons. The second-order valence-electron chi connectivity index (χ2n) is 4.60. The molecule has 1 fully saturated rings. The zero-order valence-corrected chi connectivity index (χ0v) is 12.1. The van der Waals surface area contributed by atoms with Gasteiger partial charge in [-0.3, -0.25) is 0 Å². The molecule has 1 aromatic carbocycles. The molecular weight excluding hydrogens is 282 g/mol. The molecule has 4 nitrogen and oxygen atoms in total. The second-order valence-corrected chi connectivity index (χ2v) is 6.03. The summed E-state index contributed by atoms with van der Waals surface area (Å²) in [4.78, 5) is 1.10. The number of hydrogen-bond donors (Lipinski definition) is 1. The van der Waals surface area contributed by atoms with Crippen molar-refractivity contribution in [2.75, 3.05) is 0 Å². The molecular formula is C13H14ClN3OS. The molecule has 0 unspecified atom stereocenters. The topological polar surface area (TPSA) is 51.0 Å². The van der Waals surface area contributed by atoms with Gasteiger partial charge in [-0.25, -0.2) is 0 Å². The highest BCUT2D eigenvalue weighted by Crippen LogP contribution is 2.31. The number of aryl methyl sites for hydroxylation is 1. The fraction of sp³-hybridized carbons (Fsp3) is 0.385. The van der Waals surface area contributed by atoms with E-state index in [4.69, 9.17) is 16.0 Å². The molecule has 0 amide bonds. The predicted molar refractivity (Wildman–Crippen MR) is 74.5 cm³/mol. The van der Waals surface area contributed by atoms with Gasteiger partial charge < -0.3 is 9.73 Å². The Kier molecular flexibility index (Phi) is 3.77. The van der Waals surface area contributed by atoms with E-state index in [2.05, 4.69) is 15.5 Å². The molecule has 1 aliphatic rings. The maximum absolute atomic E-state index is 6.07. The lowest BCUT2D eigenvalue weighted by Gasteiger charge is -2.08. The van der Waals surface area contributed by atoms with Crippen LogP contribution in [-0.4, -0.2) is 16.2 Å². The SMILES string of the molecule is Cc1nnc(Sc2ccc(Cl)cc2CNC2CC2)o1. The van der Waals surface area contributed by atoms with Crippen LogP contribution in [-0.2, 0) is 6.54 Å². The summed E-state index contributed by atoms with van der Waals surface area (Å²) < 4.78 is 5.40. The highest BCUT2D eigenvalue weighted by molar-refractivity contribution is 7.99. The van der Waals surface area contributed by atoms with E-state index in [1.165, 1.54) is 30.2 Å². The normalized spacial score (nSPS) is 14.8. The molecule has 19 heavy (non-hydrogen) atoms. The number of nitrogens with one attached hydrogen (secondary N) is 1. The average Bonchev–Trinajstić information content (AvgIpc) is 3.13. The summed E-state index contributed by atoms with van der Waals surface area (Å²) in [6.45, 7) is 2.61. The summed E-state index contributed by atoms with van der Waals surface area (Å²) >= 11 is 7.54. The highest BCUT2D eigenvalue weighted by Gasteiger charge is 2.20. The Labute approximate surface area is 120 Å². The van der Waals surface area contributed by atoms with Crippen molar-refractivity contribution in [3.05, 3.63) is 34.7 Å². The van der Waals surface area contributed by atoms with Gasteiger partial charge >= 0.3 is 0 Å². The summed E-state index contributed by atoms with van der Waals surface area (Å²) in [5.41, 5.74) is 1.17. The largest absolute Gasteiger partial charge is 0.416 e. The highest BCUT2D eigenvalue weighted by atomic mass is 35.5. The molecule has 1 N–H and O–H groups in total. The number of aromatic nitrogens is 2. The molecule has 0 spiro atoms. The van der Waals surface area contributed by atoms with Crippen LogP contribution in [0.1, 0.15) is 24.3 Å². The van der Waals surface area contributed by atoms with Crippen molar-refractivity contribution in [1.82, 2.24) is 15.5 Å². The quantitative estimate of drug-likeness (QED) is 0.916. The van der Waals surface area contributed by atoms with Crippen molar-refractivity contribution in [2.45, 2.75) is 42.5 Å². The van der Waals surface area contributed by atoms with Gasteiger partial charge in [-0.05, 0) is 48.4 Å². The van der Waals surface area contributed by atoms with Gasteiger partial charge in [-0.1, -0.05) is 11.6 Å². The van der Waals surface area contributed by atoms with Crippen molar-refractivity contribution >= 4 is 23.4 Å². The van der Waals surface area contributed by atoms with Crippen LogP contribution < -0.4 is 5.32 Å². The maximum atomic E-state index is 6.07. The molecule has 1 saturated carbocycles. The summed E-state index contributed by atoms with van der Waals surface area (Å²) in [5.74, 6) is 0.578. The van der Waals surface area contributed by atoms with Gasteiger partial charge in [-0.2, -0.15) is 0 Å². The number of rotatable bonds is 5. The first-order valence-electron chi connectivity index (χ1n) is 6.20. The fourth-order valence-electron chi connectivity index (χ4n) is 1.74. The van der Waals surface area contributed by atoms with Crippen LogP contribution in [0.5, 0.6) is 0 Å². The van der Waals surface area contributed by atoms with Gasteiger partial charge in [0.05, 0.1) is 0 Å². The summed E-state index contributed by atoms with van der Waals surface area (Å²) in [6, 6.07) is 6.54. The molecule has 3 rings (SSSR count). The molecule has 1 heterocycles. The Hall–Kier alpha value is -1.04. The van der Waals surface area contributed by atoms with E-state index >= 15 is 0 Å². The third-order valence-corrected chi connectivity index (χ3v) is 4.08. The maximum Gasteiger partial charge on any atom is 0.281 e. The molecule has 2 aromatic rings. The predicted octanol–water partition coefficient (Wildman–Crippen LogP) is 3.43. The van der Waals surface area contributed by atoms with Crippen LogP contribution >= 0.6 is 23.4 Å². The van der Waals surface area contributed by atoms with Crippen LogP contribution in [0.2, 0.25) is 5.02 Å². The van der Waals surface area contributed by atoms with Crippen molar-refractivity contribution in [3.63, 3.8) is 0 Å². The second kappa shape index (κ2) is 5.53. The van der Waals surface area contributed by atoms with E-state index in [1.54, 1.807) is 6.92 Å². The zero-order valence-electron chi connectivity index (χ0n) is 10.5. The van der Waals surface area contributed by atoms with Gasteiger partial charge in [-0.15, -0.1) is 10.2 Å². The molecule has 6 heteroatoms. The van der Waals surface area contributed by atoms with Crippen LogP contribution in [0.15, 0.2) is 32.7 Å². The Morgan fingerprint density at radius 1 is 1.42 bits per heavy atom. The van der Waals surface area contributed by atoms with Crippen LogP contribution in [0, 0.1) is 6.92 Å². The van der Waals surface area contributed by atoms with Crippen molar-refractivity contribution < 1.29 is 4.42 Å². The standard InChI is InChI=1S/C13H14ClN3OS/c1-8-16-17-13(18-8)19-12-5-2-10(14)6-9(12)7-15-11-3-4-11/h2,5-6,11,15H,3-4,7H2,1H3. The number of benzene rings is 1. The minimum absolute atomic E-state index is 0.562. The number of halogens is 1. The van der Waals surface area contributed by atoms with Crippen LogP contribution in [0.4, 0.5) is 0 Å². The zero-order chi connectivity index (χ0) is 13.2. The summed E-state index contributed by atoms with van der Waals surface area (Å²) in [5, 5.41) is 12.6. The third-order valence-electron chi connectivity index (χ3n) is 2.89. The number of nitrogens with zero attached hydrogens (tertiary/aromatic N) is 2. The van der Waals surface area contributed by atoms with E-state index in [1.807, 2.05) is 18.2 Å². The Bertz CT molecular complexity index is 583. The molecule has 1 aromatic heterocycles. The lowest BCUT2D eigenvalue weighted by atomic mass is 10.2. The fourth-order valence-corrected chi connectivity index (χ4v) is 2.77. The Morgan fingerprint density at radius 2 is 2.26 bits per heavy atom. The van der Waals surface area contributed by atoms with Gasteiger partial charge in [0, 0.05) is 29.4 Å². The lowest BCUT2D eigenvalue weighted by Crippen LogP contribution is -2.15. The smallest absolute Gasteiger partial charge is 0.281 e. The van der Waals surface area contributed by atoms with E-state index in [-0.39, 0.29) is 0 Å². The third kappa shape index (κ3) is 3.49. The molecule has 1 aliphatic carbocycles. The van der Waals surface area contributed by atoms with E-state index < -0.39 is 0 Å². The van der Waals surface area contributed by atoms with Crippen LogP contribution in [0.3, 0.4) is 0 Å². The van der Waals surface area contributed by atoms with E-state index in [9.17, 15) is 0 Å². The van der Waals surface area contributed by atoms with Crippen LogP contribution in [0.25, 0.3) is 0 Å². The molecule has 0 atom stereocenters. The Morgan fingerprint density at radius 3 is 2.95 bits per heavy atom. The minimum atomic E-state index is 0.562. The Balaban J connectivity index is 1.77. The van der Waals surface area contributed by atoms with Gasteiger partial charge in [0.2, 0.25) is 5.89 Å². The molecule has 0 aliphatic heterocycles. The van der Waals surface area contributed by atoms with Crippen molar-refractivity contribution in [3.8, 4) is 0 Å². The van der Waals surface area contributed by atoms with E-state index in [0.717, 1.165) is 16.5 Å². The molecule has 0 saturated heterocycles. The minimum Gasteiger partial charge on any atom is -0.416 e.